The van der Waals surface area contributed by atoms with Crippen LogP contribution in [0, 0.1) is 0 Å². The first-order valence-electron chi connectivity index (χ1n) is 9.71. The molecule has 0 radical (unpaired) electrons. The molecular formula is C22H28N2O2S. The molecule has 144 valence electrons. The standard InChI is InChI=1S/C22H28N2O2S/c1-3-25-18-13-11-17(12-14-18)22(15-7-8-16-22)24-21(27)23-19-9-5-6-10-20(19)26-4-2/h5-6,9-14H,3-4,7-8,15-16H2,1-2H3,(H2,23,24,27). The van der Waals surface area contributed by atoms with Gasteiger partial charge in [0, 0.05) is 0 Å². The normalized spacial score (nSPS) is 15.2. The quantitative estimate of drug-likeness (QED) is 0.639. The second kappa shape index (κ2) is 9.09. The summed E-state index contributed by atoms with van der Waals surface area (Å²) >= 11 is 5.65. The van der Waals surface area contributed by atoms with Gasteiger partial charge in [0.1, 0.15) is 11.5 Å². The Bertz CT molecular complexity index is 755. The van der Waals surface area contributed by atoms with Gasteiger partial charge in [-0.25, -0.2) is 0 Å². The maximum Gasteiger partial charge on any atom is 0.171 e. The van der Waals surface area contributed by atoms with Crippen LogP contribution < -0.4 is 20.1 Å². The van der Waals surface area contributed by atoms with E-state index in [0.717, 1.165) is 30.0 Å². The van der Waals surface area contributed by atoms with Crippen molar-refractivity contribution in [2.24, 2.45) is 0 Å². The van der Waals surface area contributed by atoms with Crippen LogP contribution in [0.3, 0.4) is 0 Å². The average molecular weight is 385 g/mol. The molecule has 1 saturated carbocycles. The molecule has 2 aromatic rings. The van der Waals surface area contributed by atoms with Crippen LogP contribution in [0.2, 0.25) is 0 Å². The smallest absolute Gasteiger partial charge is 0.171 e. The largest absolute Gasteiger partial charge is 0.494 e. The molecule has 0 atom stereocenters. The molecule has 5 heteroatoms. The van der Waals surface area contributed by atoms with Gasteiger partial charge in [-0.2, -0.15) is 0 Å². The number of para-hydroxylation sites is 2. The lowest BCUT2D eigenvalue weighted by atomic mass is 9.88. The highest BCUT2D eigenvalue weighted by Crippen LogP contribution is 2.39. The van der Waals surface area contributed by atoms with E-state index >= 15 is 0 Å². The molecule has 3 rings (SSSR count). The maximum atomic E-state index is 5.69. The van der Waals surface area contributed by atoms with Gasteiger partial charge in [0.2, 0.25) is 0 Å². The Hall–Kier alpha value is -2.27. The molecule has 1 aliphatic carbocycles. The van der Waals surface area contributed by atoms with Crippen molar-refractivity contribution in [1.82, 2.24) is 5.32 Å². The van der Waals surface area contributed by atoms with Gasteiger partial charge in [-0.15, -0.1) is 0 Å². The van der Waals surface area contributed by atoms with E-state index < -0.39 is 0 Å². The van der Waals surface area contributed by atoms with Crippen molar-refractivity contribution in [2.75, 3.05) is 18.5 Å². The summed E-state index contributed by atoms with van der Waals surface area (Å²) < 4.78 is 11.3. The zero-order chi connectivity index (χ0) is 19.1. The fraction of sp³-hybridized carbons (Fsp3) is 0.409. The van der Waals surface area contributed by atoms with Crippen LogP contribution in [0.5, 0.6) is 11.5 Å². The topological polar surface area (TPSA) is 42.5 Å². The maximum absolute atomic E-state index is 5.69. The number of benzene rings is 2. The second-order valence-electron chi connectivity index (χ2n) is 6.75. The molecule has 4 nitrogen and oxygen atoms in total. The molecule has 0 saturated heterocycles. The van der Waals surface area contributed by atoms with E-state index in [9.17, 15) is 0 Å². The van der Waals surface area contributed by atoms with Crippen molar-refractivity contribution in [1.29, 1.82) is 0 Å². The van der Waals surface area contributed by atoms with Crippen molar-refractivity contribution in [3.63, 3.8) is 0 Å². The van der Waals surface area contributed by atoms with E-state index in [-0.39, 0.29) is 5.54 Å². The van der Waals surface area contributed by atoms with E-state index in [1.807, 2.05) is 50.2 Å². The highest BCUT2D eigenvalue weighted by atomic mass is 32.1. The molecule has 1 aliphatic rings. The average Bonchev–Trinajstić information content (AvgIpc) is 3.14. The Morgan fingerprint density at radius 3 is 2.30 bits per heavy atom. The Balaban J connectivity index is 1.75. The van der Waals surface area contributed by atoms with Gasteiger partial charge in [-0.3, -0.25) is 0 Å². The molecule has 1 fully saturated rings. The SMILES string of the molecule is CCOc1ccc(C2(NC(=S)Nc3ccccc3OCC)CCCC2)cc1. The van der Waals surface area contributed by atoms with Gasteiger partial charge in [-0.05, 0) is 68.7 Å². The number of thiocarbonyl (C=S) groups is 1. The molecule has 0 aromatic heterocycles. The predicted octanol–water partition coefficient (Wildman–Crippen LogP) is 5.24. The van der Waals surface area contributed by atoms with Crippen molar-refractivity contribution < 1.29 is 9.47 Å². The zero-order valence-corrected chi connectivity index (χ0v) is 16.9. The van der Waals surface area contributed by atoms with Crippen LogP contribution in [-0.2, 0) is 5.54 Å². The number of nitrogens with one attached hydrogen (secondary N) is 2. The van der Waals surface area contributed by atoms with Gasteiger partial charge < -0.3 is 20.1 Å². The van der Waals surface area contributed by atoms with E-state index in [2.05, 4.69) is 22.8 Å². The van der Waals surface area contributed by atoms with E-state index in [1.54, 1.807) is 0 Å². The summed E-state index contributed by atoms with van der Waals surface area (Å²) in [7, 11) is 0. The molecule has 2 N–H and O–H groups in total. The van der Waals surface area contributed by atoms with Crippen LogP contribution in [0.25, 0.3) is 0 Å². The molecule has 0 spiro atoms. The van der Waals surface area contributed by atoms with Crippen molar-refractivity contribution >= 4 is 23.0 Å². The monoisotopic (exact) mass is 384 g/mol. The molecule has 0 unspecified atom stereocenters. The third-order valence-corrected chi connectivity index (χ3v) is 5.17. The van der Waals surface area contributed by atoms with Crippen LogP contribution in [0.15, 0.2) is 48.5 Å². The number of hydrogen-bond donors (Lipinski definition) is 2. The number of anilines is 1. The molecular weight excluding hydrogens is 356 g/mol. The summed E-state index contributed by atoms with van der Waals surface area (Å²) in [5.74, 6) is 1.71. The molecule has 27 heavy (non-hydrogen) atoms. The fourth-order valence-corrected chi connectivity index (χ4v) is 4.03. The van der Waals surface area contributed by atoms with Crippen molar-refractivity contribution in [2.45, 2.75) is 45.1 Å². The molecule has 0 amide bonds. The first kappa shape index (κ1) is 19.5. The van der Waals surface area contributed by atoms with Crippen LogP contribution in [0.4, 0.5) is 5.69 Å². The Kier molecular flexibility index (Phi) is 6.56. The van der Waals surface area contributed by atoms with Crippen molar-refractivity contribution in [3.8, 4) is 11.5 Å². The minimum absolute atomic E-state index is 0.130. The summed E-state index contributed by atoms with van der Waals surface area (Å²) in [6.45, 7) is 5.27. The highest BCUT2D eigenvalue weighted by Gasteiger charge is 2.36. The lowest BCUT2D eigenvalue weighted by Crippen LogP contribution is -2.45. The summed E-state index contributed by atoms with van der Waals surface area (Å²) in [4.78, 5) is 0. The molecule has 0 aliphatic heterocycles. The molecule has 0 heterocycles. The first-order chi connectivity index (χ1) is 13.2. The number of rotatable bonds is 7. The van der Waals surface area contributed by atoms with E-state index in [1.165, 1.54) is 18.4 Å². The van der Waals surface area contributed by atoms with Crippen LogP contribution >= 0.6 is 12.2 Å². The van der Waals surface area contributed by atoms with Gasteiger partial charge in [0.25, 0.3) is 0 Å². The lowest BCUT2D eigenvalue weighted by molar-refractivity contribution is 0.339. The first-order valence-corrected chi connectivity index (χ1v) is 10.1. The number of hydrogen-bond acceptors (Lipinski definition) is 3. The zero-order valence-electron chi connectivity index (χ0n) is 16.1. The highest BCUT2D eigenvalue weighted by molar-refractivity contribution is 7.80. The Morgan fingerprint density at radius 1 is 0.963 bits per heavy atom. The molecule has 0 bridgehead atoms. The van der Waals surface area contributed by atoms with Gasteiger partial charge in [-0.1, -0.05) is 37.1 Å². The lowest BCUT2D eigenvalue weighted by Gasteiger charge is -2.33. The minimum Gasteiger partial charge on any atom is -0.494 e. The predicted molar refractivity (Wildman–Crippen MR) is 115 cm³/mol. The summed E-state index contributed by atoms with van der Waals surface area (Å²) in [6, 6.07) is 16.3. The van der Waals surface area contributed by atoms with E-state index in [0.29, 0.717) is 18.3 Å². The minimum atomic E-state index is -0.130. The molecule has 2 aromatic carbocycles. The summed E-state index contributed by atoms with van der Waals surface area (Å²) in [5.41, 5.74) is 2.01. The summed E-state index contributed by atoms with van der Waals surface area (Å²) in [6.07, 6.45) is 4.52. The second-order valence-corrected chi connectivity index (χ2v) is 7.16. The summed E-state index contributed by atoms with van der Waals surface area (Å²) in [5, 5.41) is 7.54. The van der Waals surface area contributed by atoms with Gasteiger partial charge in [0.15, 0.2) is 5.11 Å². The number of ether oxygens (including phenoxy) is 2. The Morgan fingerprint density at radius 2 is 1.63 bits per heavy atom. The van der Waals surface area contributed by atoms with Crippen LogP contribution in [0.1, 0.15) is 45.1 Å². The fourth-order valence-electron chi connectivity index (χ4n) is 3.72. The van der Waals surface area contributed by atoms with Gasteiger partial charge in [0.05, 0.1) is 24.4 Å². The van der Waals surface area contributed by atoms with Gasteiger partial charge >= 0.3 is 0 Å². The third kappa shape index (κ3) is 4.72. The van der Waals surface area contributed by atoms with Crippen molar-refractivity contribution in [3.05, 3.63) is 54.1 Å². The Labute approximate surface area is 167 Å². The van der Waals surface area contributed by atoms with E-state index in [4.69, 9.17) is 21.7 Å². The van der Waals surface area contributed by atoms with Crippen LogP contribution in [-0.4, -0.2) is 18.3 Å². The third-order valence-electron chi connectivity index (χ3n) is 4.96.